The zero-order valence-corrected chi connectivity index (χ0v) is 12.4. The highest BCUT2D eigenvalue weighted by Crippen LogP contribution is 2.17. The summed E-state index contributed by atoms with van der Waals surface area (Å²) in [5.74, 6) is 0.858. The Kier molecular flexibility index (Phi) is 3.27. The second-order valence-electron chi connectivity index (χ2n) is 5.39. The molecule has 2 N–H and O–H groups in total. The summed E-state index contributed by atoms with van der Waals surface area (Å²) in [5.41, 5.74) is 2.70. The van der Waals surface area contributed by atoms with Crippen molar-refractivity contribution in [1.29, 1.82) is 0 Å². The van der Waals surface area contributed by atoms with Gasteiger partial charge in [-0.2, -0.15) is 5.10 Å². The number of aromatic amines is 1. The maximum absolute atomic E-state index is 12.1. The summed E-state index contributed by atoms with van der Waals surface area (Å²) in [4.78, 5) is 16.5. The number of anilines is 1. The molecule has 3 heterocycles. The van der Waals surface area contributed by atoms with Crippen LogP contribution in [-0.4, -0.2) is 25.5 Å². The molecule has 0 atom stereocenters. The highest BCUT2D eigenvalue weighted by atomic mass is 16.1. The van der Waals surface area contributed by atoms with Crippen LogP contribution >= 0.6 is 0 Å². The number of fused-ring (bicyclic) bond motifs is 2. The van der Waals surface area contributed by atoms with E-state index < -0.39 is 0 Å². The average molecular weight is 305 g/mol. The summed E-state index contributed by atoms with van der Waals surface area (Å²) in [6.45, 7) is 0. The molecular formula is C17H15N5O. The van der Waals surface area contributed by atoms with Crippen LogP contribution in [0.2, 0.25) is 0 Å². The number of pyridine rings is 1. The highest BCUT2D eigenvalue weighted by Gasteiger charge is 2.08. The van der Waals surface area contributed by atoms with Gasteiger partial charge in [-0.25, -0.2) is 4.98 Å². The molecule has 1 amide bonds. The molecule has 0 bridgehead atoms. The first-order valence-electron chi connectivity index (χ1n) is 7.43. The van der Waals surface area contributed by atoms with Crippen molar-refractivity contribution in [2.75, 3.05) is 5.32 Å². The third-order valence-electron chi connectivity index (χ3n) is 3.82. The van der Waals surface area contributed by atoms with Gasteiger partial charge in [0.25, 0.3) is 0 Å². The maximum atomic E-state index is 12.1. The molecule has 0 radical (unpaired) electrons. The Bertz CT molecular complexity index is 985. The third kappa shape index (κ3) is 2.66. The summed E-state index contributed by atoms with van der Waals surface area (Å²) in [7, 11) is 0. The van der Waals surface area contributed by atoms with E-state index in [2.05, 4.69) is 20.5 Å². The molecule has 0 spiro atoms. The summed E-state index contributed by atoms with van der Waals surface area (Å²) < 4.78 is 2.00. The van der Waals surface area contributed by atoms with Crippen LogP contribution in [-0.2, 0) is 11.2 Å². The predicted molar refractivity (Wildman–Crippen MR) is 88.2 cm³/mol. The highest BCUT2D eigenvalue weighted by molar-refractivity contribution is 5.93. The fraction of sp³-hybridized carbons (Fsp3) is 0.118. The Morgan fingerprint density at radius 3 is 3.13 bits per heavy atom. The van der Waals surface area contributed by atoms with Crippen LogP contribution in [0.3, 0.4) is 0 Å². The molecule has 0 saturated heterocycles. The lowest BCUT2D eigenvalue weighted by atomic mass is 10.2. The van der Waals surface area contributed by atoms with E-state index in [4.69, 9.17) is 0 Å². The van der Waals surface area contributed by atoms with Crippen molar-refractivity contribution in [3.05, 3.63) is 60.8 Å². The van der Waals surface area contributed by atoms with Gasteiger partial charge >= 0.3 is 0 Å². The van der Waals surface area contributed by atoms with Crippen molar-refractivity contribution in [1.82, 2.24) is 19.6 Å². The minimum absolute atomic E-state index is 0.0310. The van der Waals surface area contributed by atoms with Gasteiger partial charge < -0.3 is 9.72 Å². The quantitative estimate of drug-likeness (QED) is 0.609. The van der Waals surface area contributed by atoms with Gasteiger partial charge in [0.1, 0.15) is 5.82 Å². The van der Waals surface area contributed by atoms with Gasteiger partial charge in [0, 0.05) is 30.1 Å². The number of hydrogen-bond acceptors (Lipinski definition) is 3. The molecular weight excluding hydrogens is 290 g/mol. The Morgan fingerprint density at radius 2 is 2.17 bits per heavy atom. The van der Waals surface area contributed by atoms with Gasteiger partial charge in [-0.1, -0.05) is 6.07 Å². The Labute approximate surface area is 132 Å². The number of aryl methyl sites for hydroxylation is 1. The number of H-pyrrole nitrogens is 1. The molecule has 0 unspecified atom stereocenters. The minimum Gasteiger partial charge on any atom is -0.326 e. The fourth-order valence-electron chi connectivity index (χ4n) is 2.65. The van der Waals surface area contributed by atoms with Crippen molar-refractivity contribution in [2.24, 2.45) is 0 Å². The third-order valence-corrected chi connectivity index (χ3v) is 3.82. The molecule has 4 aromatic rings. The average Bonchev–Trinajstić information content (AvgIpc) is 3.19. The van der Waals surface area contributed by atoms with Crippen LogP contribution < -0.4 is 5.32 Å². The molecule has 1 aromatic carbocycles. The number of imidazole rings is 1. The molecule has 23 heavy (non-hydrogen) atoms. The Hall–Kier alpha value is -3.15. The normalized spacial score (nSPS) is 11.1. The Balaban J connectivity index is 1.43. The van der Waals surface area contributed by atoms with E-state index in [1.54, 1.807) is 6.20 Å². The first-order valence-corrected chi connectivity index (χ1v) is 7.43. The molecule has 3 aromatic heterocycles. The molecule has 0 aliphatic rings. The van der Waals surface area contributed by atoms with Crippen LogP contribution in [0.5, 0.6) is 0 Å². The molecule has 0 saturated carbocycles. The Morgan fingerprint density at radius 1 is 1.22 bits per heavy atom. The minimum atomic E-state index is -0.0310. The smallest absolute Gasteiger partial charge is 0.224 e. The molecule has 4 rings (SSSR count). The van der Waals surface area contributed by atoms with Gasteiger partial charge in [-0.05, 0) is 30.3 Å². The predicted octanol–water partition coefficient (Wildman–Crippen LogP) is 2.78. The molecule has 0 aliphatic carbocycles. The monoisotopic (exact) mass is 305 g/mol. The fourth-order valence-corrected chi connectivity index (χ4v) is 2.65. The van der Waals surface area contributed by atoms with E-state index in [9.17, 15) is 4.79 Å². The van der Waals surface area contributed by atoms with E-state index >= 15 is 0 Å². The zero-order chi connectivity index (χ0) is 15.6. The second-order valence-corrected chi connectivity index (χ2v) is 5.39. The van der Waals surface area contributed by atoms with Crippen LogP contribution in [0.15, 0.2) is 55.0 Å². The molecule has 0 aliphatic heterocycles. The van der Waals surface area contributed by atoms with E-state index in [0.29, 0.717) is 12.8 Å². The molecule has 114 valence electrons. The van der Waals surface area contributed by atoms with E-state index in [0.717, 1.165) is 27.9 Å². The van der Waals surface area contributed by atoms with E-state index in [1.807, 2.05) is 53.2 Å². The SMILES string of the molecule is O=C(CCc1ncc2ccccn12)Nc1ccc2cn[nH]c2c1. The molecule has 6 heteroatoms. The number of benzene rings is 1. The number of amides is 1. The van der Waals surface area contributed by atoms with Crippen molar-refractivity contribution in [3.8, 4) is 0 Å². The number of carbonyl (C=O) groups excluding carboxylic acids is 1. The van der Waals surface area contributed by atoms with Crippen LogP contribution in [0.1, 0.15) is 12.2 Å². The lowest BCUT2D eigenvalue weighted by molar-refractivity contribution is -0.116. The second kappa shape index (κ2) is 5.57. The largest absolute Gasteiger partial charge is 0.326 e. The summed E-state index contributed by atoms with van der Waals surface area (Å²) in [5, 5.41) is 10.8. The van der Waals surface area contributed by atoms with Gasteiger partial charge in [0.15, 0.2) is 0 Å². The lowest BCUT2D eigenvalue weighted by Crippen LogP contribution is -2.13. The van der Waals surface area contributed by atoms with Crippen molar-refractivity contribution < 1.29 is 4.79 Å². The lowest BCUT2D eigenvalue weighted by Gasteiger charge is -2.05. The van der Waals surface area contributed by atoms with Crippen molar-refractivity contribution in [3.63, 3.8) is 0 Å². The van der Waals surface area contributed by atoms with Gasteiger partial charge in [0.05, 0.1) is 23.4 Å². The van der Waals surface area contributed by atoms with Crippen LogP contribution in [0.4, 0.5) is 5.69 Å². The van der Waals surface area contributed by atoms with Gasteiger partial charge in [-0.3, -0.25) is 9.89 Å². The number of nitrogens with zero attached hydrogens (tertiary/aromatic N) is 3. The molecule has 0 fully saturated rings. The maximum Gasteiger partial charge on any atom is 0.224 e. The van der Waals surface area contributed by atoms with Crippen molar-refractivity contribution >= 4 is 28.0 Å². The van der Waals surface area contributed by atoms with Crippen LogP contribution in [0.25, 0.3) is 16.4 Å². The zero-order valence-electron chi connectivity index (χ0n) is 12.4. The first-order chi connectivity index (χ1) is 11.3. The summed E-state index contributed by atoms with van der Waals surface area (Å²) in [6.07, 6.45) is 6.51. The van der Waals surface area contributed by atoms with E-state index in [1.165, 1.54) is 0 Å². The molecule has 6 nitrogen and oxygen atoms in total. The van der Waals surface area contributed by atoms with Crippen LogP contribution in [0, 0.1) is 0 Å². The summed E-state index contributed by atoms with van der Waals surface area (Å²) >= 11 is 0. The van der Waals surface area contributed by atoms with Crippen molar-refractivity contribution in [2.45, 2.75) is 12.8 Å². The number of carbonyl (C=O) groups is 1. The number of rotatable bonds is 4. The first kappa shape index (κ1) is 13.5. The van der Waals surface area contributed by atoms with Gasteiger partial charge in [0.2, 0.25) is 5.91 Å². The van der Waals surface area contributed by atoms with Gasteiger partial charge in [-0.15, -0.1) is 0 Å². The topological polar surface area (TPSA) is 75.1 Å². The van der Waals surface area contributed by atoms with E-state index in [-0.39, 0.29) is 5.91 Å². The number of aromatic nitrogens is 4. The number of hydrogen-bond donors (Lipinski definition) is 2. The summed E-state index contributed by atoms with van der Waals surface area (Å²) in [6, 6.07) is 11.6. The standard InChI is InChI=1S/C17H15N5O/c23-17(20-13-5-4-12-10-19-21-15(12)9-13)7-6-16-18-11-14-3-1-2-8-22(14)16/h1-5,8-11H,6-7H2,(H,19,21)(H,20,23). The number of nitrogens with one attached hydrogen (secondary N) is 2.